The van der Waals surface area contributed by atoms with Crippen LogP contribution < -0.4 is 4.74 Å². The molecule has 18 heavy (non-hydrogen) atoms. The Kier molecular flexibility index (Phi) is 3.97. The number of rotatable bonds is 3. The normalized spacial score (nSPS) is 10.4. The minimum atomic E-state index is -0.351. The first-order chi connectivity index (χ1) is 8.54. The number of ether oxygens (including phenoxy) is 1. The molecule has 2 rings (SSSR count). The lowest BCUT2D eigenvalue weighted by molar-refractivity contribution is 0.301. The Bertz CT molecular complexity index is 549. The molecule has 2 aromatic carbocycles. The van der Waals surface area contributed by atoms with Crippen LogP contribution >= 0.6 is 15.9 Å². The quantitative estimate of drug-likeness (QED) is 0.804. The van der Waals surface area contributed by atoms with Crippen LogP contribution in [0.2, 0.25) is 0 Å². The smallest absolute Gasteiger partial charge is 0.126 e. The molecule has 2 aromatic rings. The second-order valence-electron chi connectivity index (χ2n) is 3.98. The molecule has 0 aromatic heterocycles. The molecule has 0 amide bonds. The third kappa shape index (κ3) is 3.29. The van der Waals surface area contributed by atoms with Gasteiger partial charge in [0.1, 0.15) is 24.0 Å². The lowest BCUT2D eigenvalue weighted by Gasteiger charge is -2.09. The highest BCUT2D eigenvalue weighted by Gasteiger charge is 2.04. The molecule has 0 bridgehead atoms. The minimum Gasteiger partial charge on any atom is -0.489 e. The number of benzene rings is 2. The number of halogens is 3. The van der Waals surface area contributed by atoms with Crippen LogP contribution in [0.25, 0.3) is 0 Å². The summed E-state index contributed by atoms with van der Waals surface area (Å²) in [7, 11) is 0. The van der Waals surface area contributed by atoms with Crippen LogP contribution in [0.1, 0.15) is 11.1 Å². The fourth-order valence-electron chi connectivity index (χ4n) is 1.58. The van der Waals surface area contributed by atoms with Gasteiger partial charge >= 0.3 is 0 Å². The Balaban J connectivity index is 2.13. The summed E-state index contributed by atoms with van der Waals surface area (Å²) in [5.41, 5.74) is 1.53. The van der Waals surface area contributed by atoms with E-state index in [4.69, 9.17) is 4.74 Å². The molecular formula is C14H11BrF2O. The molecule has 0 unspecified atom stereocenters. The van der Waals surface area contributed by atoms with Gasteiger partial charge in [0.2, 0.25) is 0 Å². The van der Waals surface area contributed by atoms with E-state index in [1.165, 1.54) is 24.3 Å². The third-order valence-electron chi connectivity index (χ3n) is 2.47. The highest BCUT2D eigenvalue weighted by molar-refractivity contribution is 9.10. The zero-order chi connectivity index (χ0) is 13.1. The largest absolute Gasteiger partial charge is 0.489 e. The topological polar surface area (TPSA) is 9.23 Å². The van der Waals surface area contributed by atoms with E-state index in [-0.39, 0.29) is 18.2 Å². The van der Waals surface area contributed by atoms with Crippen LogP contribution in [0.4, 0.5) is 8.78 Å². The molecule has 0 radical (unpaired) electrons. The molecular weight excluding hydrogens is 302 g/mol. The van der Waals surface area contributed by atoms with E-state index < -0.39 is 0 Å². The van der Waals surface area contributed by atoms with Gasteiger partial charge in [-0.05, 0) is 42.3 Å². The van der Waals surface area contributed by atoms with Gasteiger partial charge in [-0.3, -0.25) is 0 Å². The zero-order valence-electron chi connectivity index (χ0n) is 9.71. The van der Waals surface area contributed by atoms with Crippen LogP contribution in [0.3, 0.4) is 0 Å². The molecule has 0 spiro atoms. The molecule has 4 heteroatoms. The van der Waals surface area contributed by atoms with E-state index >= 15 is 0 Å². The van der Waals surface area contributed by atoms with Gasteiger partial charge in [-0.25, -0.2) is 8.78 Å². The third-order valence-corrected chi connectivity index (χ3v) is 2.92. The molecule has 0 aliphatic carbocycles. The van der Waals surface area contributed by atoms with Gasteiger partial charge in [-0.2, -0.15) is 0 Å². The lowest BCUT2D eigenvalue weighted by atomic mass is 10.2. The fraction of sp³-hybridized carbons (Fsp3) is 0.143. The molecule has 0 aliphatic heterocycles. The molecule has 0 saturated heterocycles. The van der Waals surface area contributed by atoms with E-state index in [1.807, 2.05) is 6.92 Å². The molecule has 0 heterocycles. The molecule has 0 saturated carbocycles. The Morgan fingerprint density at radius 1 is 1.06 bits per heavy atom. The van der Waals surface area contributed by atoms with Gasteiger partial charge in [-0.15, -0.1) is 0 Å². The summed E-state index contributed by atoms with van der Waals surface area (Å²) < 4.78 is 32.3. The SMILES string of the molecule is Cc1ccc(F)cc1OCc1cc(F)cc(Br)c1. The van der Waals surface area contributed by atoms with Crippen molar-refractivity contribution in [2.24, 2.45) is 0 Å². The maximum Gasteiger partial charge on any atom is 0.126 e. The van der Waals surface area contributed by atoms with E-state index in [1.54, 1.807) is 12.1 Å². The van der Waals surface area contributed by atoms with Crippen LogP contribution in [-0.2, 0) is 6.61 Å². The van der Waals surface area contributed by atoms with Crippen LogP contribution in [0.15, 0.2) is 40.9 Å². The van der Waals surface area contributed by atoms with Crippen molar-refractivity contribution < 1.29 is 13.5 Å². The molecule has 0 atom stereocenters. The molecule has 0 fully saturated rings. The second-order valence-corrected chi connectivity index (χ2v) is 4.89. The molecule has 94 valence electrons. The van der Waals surface area contributed by atoms with Gasteiger partial charge in [0.05, 0.1) is 0 Å². The first-order valence-corrected chi connectivity index (χ1v) is 6.18. The van der Waals surface area contributed by atoms with Crippen molar-refractivity contribution in [2.45, 2.75) is 13.5 Å². The Labute approximate surface area is 113 Å². The van der Waals surface area contributed by atoms with Crippen LogP contribution in [0.5, 0.6) is 5.75 Å². The second kappa shape index (κ2) is 5.48. The van der Waals surface area contributed by atoms with Crippen molar-refractivity contribution in [2.75, 3.05) is 0 Å². The first-order valence-electron chi connectivity index (χ1n) is 5.38. The monoisotopic (exact) mass is 312 g/mol. The van der Waals surface area contributed by atoms with E-state index in [2.05, 4.69) is 15.9 Å². The van der Waals surface area contributed by atoms with Gasteiger partial charge in [0, 0.05) is 10.5 Å². The summed E-state index contributed by atoms with van der Waals surface area (Å²) in [6, 6.07) is 8.87. The van der Waals surface area contributed by atoms with Crippen molar-refractivity contribution in [3.05, 3.63) is 63.6 Å². The number of aryl methyl sites for hydroxylation is 1. The molecule has 0 aliphatic rings. The van der Waals surface area contributed by atoms with Gasteiger partial charge < -0.3 is 4.74 Å². The van der Waals surface area contributed by atoms with E-state index in [9.17, 15) is 8.78 Å². The van der Waals surface area contributed by atoms with Crippen molar-refractivity contribution in [1.82, 2.24) is 0 Å². The highest BCUT2D eigenvalue weighted by Crippen LogP contribution is 2.21. The predicted octanol–water partition coefficient (Wildman–Crippen LogP) is 4.61. The Morgan fingerprint density at radius 2 is 1.83 bits per heavy atom. The summed E-state index contributed by atoms with van der Waals surface area (Å²) in [5, 5.41) is 0. The van der Waals surface area contributed by atoms with Gasteiger partial charge in [0.15, 0.2) is 0 Å². The lowest BCUT2D eigenvalue weighted by Crippen LogP contribution is -1.98. The molecule has 1 nitrogen and oxygen atoms in total. The highest BCUT2D eigenvalue weighted by atomic mass is 79.9. The molecule has 0 N–H and O–H groups in total. The van der Waals surface area contributed by atoms with Crippen molar-refractivity contribution >= 4 is 15.9 Å². The van der Waals surface area contributed by atoms with Crippen LogP contribution in [0, 0.1) is 18.6 Å². The first kappa shape index (κ1) is 13.0. The Morgan fingerprint density at radius 3 is 2.56 bits per heavy atom. The van der Waals surface area contributed by atoms with Gasteiger partial charge in [-0.1, -0.05) is 22.0 Å². The summed E-state index contributed by atoms with van der Waals surface area (Å²) in [6.45, 7) is 2.02. The average molecular weight is 313 g/mol. The Hall–Kier alpha value is -1.42. The standard InChI is InChI=1S/C14H11BrF2O/c1-9-2-3-12(16)7-14(9)18-8-10-4-11(15)6-13(17)5-10/h2-7H,8H2,1H3. The number of hydrogen-bond acceptors (Lipinski definition) is 1. The predicted molar refractivity (Wildman–Crippen MR) is 69.6 cm³/mol. The van der Waals surface area contributed by atoms with Crippen molar-refractivity contribution in [3.8, 4) is 5.75 Å². The van der Waals surface area contributed by atoms with Crippen molar-refractivity contribution in [1.29, 1.82) is 0 Å². The average Bonchev–Trinajstić information content (AvgIpc) is 2.29. The fourth-order valence-corrected chi connectivity index (χ4v) is 2.10. The van der Waals surface area contributed by atoms with Crippen LogP contribution in [-0.4, -0.2) is 0 Å². The summed E-state index contributed by atoms with van der Waals surface area (Å²) >= 11 is 3.21. The van der Waals surface area contributed by atoms with Crippen molar-refractivity contribution in [3.63, 3.8) is 0 Å². The zero-order valence-corrected chi connectivity index (χ0v) is 11.3. The summed E-state index contributed by atoms with van der Waals surface area (Å²) in [6.07, 6.45) is 0. The van der Waals surface area contributed by atoms with E-state index in [0.717, 1.165) is 5.56 Å². The minimum absolute atomic E-state index is 0.195. The van der Waals surface area contributed by atoms with Gasteiger partial charge in [0.25, 0.3) is 0 Å². The maximum absolute atomic E-state index is 13.2. The van der Waals surface area contributed by atoms with E-state index in [0.29, 0.717) is 15.8 Å². The summed E-state index contributed by atoms with van der Waals surface area (Å²) in [4.78, 5) is 0. The summed E-state index contributed by atoms with van der Waals surface area (Å²) in [5.74, 6) is -0.217. The number of hydrogen-bond donors (Lipinski definition) is 0. The maximum atomic E-state index is 13.2.